The van der Waals surface area contributed by atoms with Crippen LogP contribution in [-0.4, -0.2) is 44.6 Å². The molecule has 2 aromatic carbocycles. The molecule has 2 aromatic rings. The van der Waals surface area contributed by atoms with Crippen molar-refractivity contribution in [3.63, 3.8) is 0 Å². The molecule has 0 spiro atoms. The van der Waals surface area contributed by atoms with Crippen LogP contribution in [0.3, 0.4) is 0 Å². The first-order valence-electron chi connectivity index (χ1n) is 9.62. The summed E-state index contributed by atoms with van der Waals surface area (Å²) < 4.78 is 21.3. The van der Waals surface area contributed by atoms with Crippen molar-refractivity contribution in [1.82, 2.24) is 0 Å². The number of carboxylic acid groups (broad SMARTS) is 1. The highest BCUT2D eigenvalue weighted by molar-refractivity contribution is 6.32. The molecule has 0 amide bonds. The molecule has 0 bridgehead atoms. The molecule has 0 unspecified atom stereocenters. The highest BCUT2D eigenvalue weighted by Gasteiger charge is 2.18. The fourth-order valence-electron chi connectivity index (χ4n) is 2.67. The quantitative estimate of drug-likeness (QED) is 0.548. The second kappa shape index (κ2) is 12.5. The molecule has 0 fully saturated rings. The predicted octanol–water partition coefficient (Wildman–Crippen LogP) is 4.38. The van der Waals surface area contributed by atoms with Crippen LogP contribution in [0.4, 0.5) is 0 Å². The molecule has 1 N–H and O–H groups in total. The second-order valence-corrected chi connectivity index (χ2v) is 6.74. The van der Waals surface area contributed by atoms with E-state index in [9.17, 15) is 9.90 Å². The summed E-state index contributed by atoms with van der Waals surface area (Å²) in [5.74, 6) is 6.79. The summed E-state index contributed by atoms with van der Waals surface area (Å²) in [5.41, 5.74) is 1.53. The molecule has 7 heteroatoms. The van der Waals surface area contributed by atoms with Crippen LogP contribution in [0, 0.1) is 11.8 Å². The topological polar surface area (TPSA) is 74.2 Å². The van der Waals surface area contributed by atoms with E-state index in [1.165, 1.54) is 0 Å². The molecule has 0 aliphatic carbocycles. The van der Waals surface area contributed by atoms with Crippen LogP contribution in [-0.2, 0) is 16.0 Å². The van der Waals surface area contributed by atoms with Crippen molar-refractivity contribution in [2.45, 2.75) is 19.4 Å². The van der Waals surface area contributed by atoms with Gasteiger partial charge in [0.05, 0.1) is 19.2 Å². The van der Waals surface area contributed by atoms with E-state index in [1.807, 2.05) is 12.1 Å². The maximum Gasteiger partial charge on any atom is 0.333 e. The number of aliphatic carboxylic acids is 1. The van der Waals surface area contributed by atoms with E-state index in [2.05, 4.69) is 11.8 Å². The normalized spacial score (nSPS) is 11.5. The Labute approximate surface area is 187 Å². The number of rotatable bonds is 10. The monoisotopic (exact) mass is 444 g/mol. The molecule has 0 aliphatic heterocycles. The van der Waals surface area contributed by atoms with E-state index in [1.54, 1.807) is 57.6 Å². The molecule has 2 rings (SSSR count). The maximum absolute atomic E-state index is 11.2. The number of allylic oxidation sites excluding steroid dienone is 1. The van der Waals surface area contributed by atoms with Crippen LogP contribution in [0.25, 0.3) is 0 Å². The van der Waals surface area contributed by atoms with Crippen LogP contribution >= 0.6 is 11.6 Å². The molecule has 164 valence electrons. The number of benzene rings is 2. The molecule has 0 heterocycles. The SMILES string of the molecule is CCO[C@@H](Cc1ccc(OC/C=C\C#Cc2cc(OC)cc(OC)c2)c(Cl)c1)C(=O)O. The molecule has 0 radical (unpaired) electrons. The van der Waals surface area contributed by atoms with Gasteiger partial charge in [0.1, 0.15) is 23.9 Å². The summed E-state index contributed by atoms with van der Waals surface area (Å²) in [6.45, 7) is 2.36. The van der Waals surface area contributed by atoms with Crippen LogP contribution in [0.2, 0.25) is 5.02 Å². The lowest BCUT2D eigenvalue weighted by atomic mass is 10.1. The zero-order valence-electron chi connectivity index (χ0n) is 17.7. The summed E-state index contributed by atoms with van der Waals surface area (Å²) in [6.07, 6.45) is 2.78. The van der Waals surface area contributed by atoms with Crippen molar-refractivity contribution >= 4 is 17.6 Å². The average molecular weight is 445 g/mol. The van der Waals surface area contributed by atoms with Crippen LogP contribution in [0.5, 0.6) is 17.2 Å². The zero-order valence-corrected chi connectivity index (χ0v) is 18.4. The van der Waals surface area contributed by atoms with Crippen LogP contribution < -0.4 is 14.2 Å². The van der Waals surface area contributed by atoms with E-state index in [-0.39, 0.29) is 13.0 Å². The largest absolute Gasteiger partial charge is 0.497 e. The highest BCUT2D eigenvalue weighted by atomic mass is 35.5. The molecule has 0 saturated carbocycles. The first-order valence-corrected chi connectivity index (χ1v) is 9.99. The van der Waals surface area contributed by atoms with E-state index in [0.29, 0.717) is 28.9 Å². The summed E-state index contributed by atoms with van der Waals surface area (Å²) >= 11 is 6.26. The first kappa shape index (κ1) is 24.1. The van der Waals surface area contributed by atoms with E-state index >= 15 is 0 Å². The third-order valence-corrected chi connectivity index (χ3v) is 4.46. The number of carboxylic acids is 1. The lowest BCUT2D eigenvalue weighted by Crippen LogP contribution is -2.26. The van der Waals surface area contributed by atoms with Gasteiger partial charge in [-0.1, -0.05) is 29.5 Å². The average Bonchev–Trinajstić information content (AvgIpc) is 2.76. The van der Waals surface area contributed by atoms with Crippen molar-refractivity contribution in [3.05, 3.63) is 64.7 Å². The van der Waals surface area contributed by atoms with E-state index in [0.717, 1.165) is 11.1 Å². The smallest absolute Gasteiger partial charge is 0.333 e. The molecule has 1 atom stereocenters. The van der Waals surface area contributed by atoms with Crippen molar-refractivity contribution in [2.24, 2.45) is 0 Å². The Morgan fingerprint density at radius 1 is 1.16 bits per heavy atom. The van der Waals surface area contributed by atoms with Crippen molar-refractivity contribution in [2.75, 3.05) is 27.4 Å². The van der Waals surface area contributed by atoms with Crippen molar-refractivity contribution < 1.29 is 28.8 Å². The van der Waals surface area contributed by atoms with E-state index < -0.39 is 12.1 Å². The summed E-state index contributed by atoms with van der Waals surface area (Å²) in [7, 11) is 3.18. The van der Waals surface area contributed by atoms with Crippen molar-refractivity contribution in [1.29, 1.82) is 0 Å². The second-order valence-electron chi connectivity index (χ2n) is 6.34. The Kier molecular flexibility index (Phi) is 9.76. The minimum absolute atomic E-state index is 0.230. The minimum Gasteiger partial charge on any atom is -0.497 e. The predicted molar refractivity (Wildman–Crippen MR) is 119 cm³/mol. The van der Waals surface area contributed by atoms with Gasteiger partial charge in [0.15, 0.2) is 6.10 Å². The summed E-state index contributed by atoms with van der Waals surface area (Å²) in [4.78, 5) is 11.2. The fourth-order valence-corrected chi connectivity index (χ4v) is 2.93. The van der Waals surface area contributed by atoms with Gasteiger partial charge in [-0.2, -0.15) is 0 Å². The highest BCUT2D eigenvalue weighted by Crippen LogP contribution is 2.26. The van der Waals surface area contributed by atoms with Gasteiger partial charge in [0, 0.05) is 24.7 Å². The maximum atomic E-state index is 11.2. The van der Waals surface area contributed by atoms with Gasteiger partial charge in [-0.05, 0) is 48.9 Å². The zero-order chi connectivity index (χ0) is 22.6. The number of ether oxygens (including phenoxy) is 4. The van der Waals surface area contributed by atoms with Crippen molar-refractivity contribution in [3.8, 4) is 29.1 Å². The fraction of sp³-hybridized carbons (Fsp3) is 0.292. The van der Waals surface area contributed by atoms with Gasteiger partial charge in [0.25, 0.3) is 0 Å². The summed E-state index contributed by atoms with van der Waals surface area (Å²) in [5, 5.41) is 9.59. The Bertz CT molecular complexity index is 952. The number of halogens is 1. The minimum atomic E-state index is -1.00. The number of hydrogen-bond donors (Lipinski definition) is 1. The molecule has 0 saturated heterocycles. The van der Waals surface area contributed by atoms with Gasteiger partial charge >= 0.3 is 5.97 Å². The third-order valence-electron chi connectivity index (χ3n) is 4.16. The molecule has 0 aliphatic rings. The Hall–Kier alpha value is -3.14. The lowest BCUT2D eigenvalue weighted by Gasteiger charge is -2.13. The number of carbonyl (C=O) groups is 1. The number of methoxy groups -OCH3 is 2. The molecular formula is C24H25ClO6. The lowest BCUT2D eigenvalue weighted by molar-refractivity contribution is -0.149. The van der Waals surface area contributed by atoms with Crippen LogP contribution in [0.15, 0.2) is 48.6 Å². The summed E-state index contributed by atoms with van der Waals surface area (Å²) in [6, 6.07) is 10.6. The van der Waals surface area contributed by atoms with Gasteiger partial charge in [-0.25, -0.2) is 4.79 Å². The standard InChI is InChI=1S/C24H25ClO6/c1-4-30-23(24(26)27)15-18-9-10-22(21(25)14-18)31-11-7-5-6-8-17-12-19(28-2)16-20(13-17)29-3/h5,7,9-10,12-14,16,23H,4,11,15H2,1-3H3,(H,26,27)/b7-5-/t23-/m0/s1. The van der Waals surface area contributed by atoms with Crippen LogP contribution in [0.1, 0.15) is 18.1 Å². The Morgan fingerprint density at radius 3 is 2.45 bits per heavy atom. The van der Waals surface area contributed by atoms with Gasteiger partial charge in [-0.15, -0.1) is 0 Å². The molecule has 31 heavy (non-hydrogen) atoms. The molecule has 6 nitrogen and oxygen atoms in total. The third kappa shape index (κ3) is 7.89. The number of hydrogen-bond acceptors (Lipinski definition) is 5. The first-order chi connectivity index (χ1) is 15.0. The van der Waals surface area contributed by atoms with Gasteiger partial charge in [0.2, 0.25) is 0 Å². The Balaban J connectivity index is 1.92. The van der Waals surface area contributed by atoms with Gasteiger partial charge in [-0.3, -0.25) is 0 Å². The van der Waals surface area contributed by atoms with E-state index in [4.69, 9.17) is 30.5 Å². The molecular weight excluding hydrogens is 420 g/mol. The Morgan fingerprint density at radius 2 is 1.87 bits per heavy atom. The van der Waals surface area contributed by atoms with Gasteiger partial charge < -0.3 is 24.1 Å². The molecule has 0 aromatic heterocycles.